The molecule has 0 aliphatic carbocycles. The molecule has 0 aliphatic rings. The number of thiophene rings is 1. The molecule has 1 heterocycles. The predicted octanol–water partition coefficient (Wildman–Crippen LogP) is 3.17. The topological polar surface area (TPSA) is 78.4 Å². The normalized spacial score (nSPS) is 11.1. The molecule has 1 aromatic rings. The van der Waals surface area contributed by atoms with Crippen LogP contribution in [0.25, 0.3) is 0 Å². The van der Waals surface area contributed by atoms with Crippen molar-refractivity contribution >= 4 is 40.6 Å². The van der Waals surface area contributed by atoms with Crippen LogP contribution >= 0.6 is 22.9 Å². The zero-order valence-corrected chi connectivity index (χ0v) is 11.7. The maximum Gasteiger partial charge on any atom is 0.329 e. The van der Waals surface area contributed by atoms with Crippen LogP contribution in [0.2, 0.25) is 4.34 Å². The summed E-state index contributed by atoms with van der Waals surface area (Å²) in [4.78, 5) is 22.9. The Morgan fingerprint density at radius 3 is 2.44 bits per heavy atom. The molecular formula is C11H15ClN2O3S. The van der Waals surface area contributed by atoms with Gasteiger partial charge < -0.3 is 15.7 Å². The number of carboxylic acids is 1. The highest BCUT2D eigenvalue weighted by atomic mass is 35.5. The van der Waals surface area contributed by atoms with Gasteiger partial charge in [0.05, 0.1) is 10.0 Å². The van der Waals surface area contributed by atoms with Crippen LogP contribution in [0, 0.1) is 0 Å². The van der Waals surface area contributed by atoms with E-state index in [-0.39, 0.29) is 0 Å². The summed E-state index contributed by atoms with van der Waals surface area (Å²) in [5.74, 6) is -1.04. The quantitative estimate of drug-likeness (QED) is 0.779. The zero-order chi connectivity index (χ0) is 13.8. The molecule has 0 bridgehead atoms. The molecule has 0 saturated heterocycles. The average Bonchev–Trinajstić information content (AvgIpc) is 2.71. The Bertz CT molecular complexity index is 443. The zero-order valence-electron chi connectivity index (χ0n) is 10.1. The van der Waals surface area contributed by atoms with E-state index in [9.17, 15) is 14.7 Å². The first kappa shape index (κ1) is 14.8. The number of amides is 2. The van der Waals surface area contributed by atoms with E-state index in [4.69, 9.17) is 11.6 Å². The molecule has 0 unspecified atom stereocenters. The van der Waals surface area contributed by atoms with Crippen LogP contribution in [-0.4, -0.2) is 22.6 Å². The number of carbonyl (C=O) groups excluding carboxylic acids is 1. The second kappa shape index (κ2) is 6.06. The Morgan fingerprint density at radius 1 is 1.44 bits per heavy atom. The number of anilines is 1. The fourth-order valence-corrected chi connectivity index (χ4v) is 2.35. The van der Waals surface area contributed by atoms with Crippen LogP contribution in [0.4, 0.5) is 10.5 Å². The third kappa shape index (κ3) is 3.36. The van der Waals surface area contributed by atoms with E-state index in [0.29, 0.717) is 22.9 Å². The summed E-state index contributed by atoms with van der Waals surface area (Å²) < 4.78 is 0.556. The van der Waals surface area contributed by atoms with Crippen molar-refractivity contribution in [3.8, 4) is 0 Å². The molecule has 5 nitrogen and oxygen atoms in total. The minimum Gasteiger partial charge on any atom is -0.480 e. The van der Waals surface area contributed by atoms with Crippen LogP contribution in [0.3, 0.4) is 0 Å². The van der Waals surface area contributed by atoms with Gasteiger partial charge in [-0.05, 0) is 18.9 Å². The largest absolute Gasteiger partial charge is 0.480 e. The Kier molecular flexibility index (Phi) is 4.98. The first-order chi connectivity index (χ1) is 8.43. The first-order valence-electron chi connectivity index (χ1n) is 5.50. The number of carboxylic acid groups (broad SMARTS) is 1. The van der Waals surface area contributed by atoms with E-state index >= 15 is 0 Å². The van der Waals surface area contributed by atoms with Crippen molar-refractivity contribution in [1.29, 1.82) is 0 Å². The second-order valence-electron chi connectivity index (χ2n) is 3.81. The van der Waals surface area contributed by atoms with Gasteiger partial charge in [-0.15, -0.1) is 11.3 Å². The summed E-state index contributed by atoms with van der Waals surface area (Å²) in [6.45, 7) is 3.44. The van der Waals surface area contributed by atoms with Crippen molar-refractivity contribution in [2.45, 2.75) is 32.2 Å². The Labute approximate surface area is 114 Å². The molecule has 0 fully saturated rings. The molecule has 1 aromatic heterocycles. The Balaban J connectivity index is 2.70. The molecule has 0 spiro atoms. The Morgan fingerprint density at radius 2 is 2.06 bits per heavy atom. The van der Waals surface area contributed by atoms with E-state index in [0.717, 1.165) is 0 Å². The lowest BCUT2D eigenvalue weighted by atomic mass is 9.93. The lowest BCUT2D eigenvalue weighted by molar-refractivity contribution is -0.144. The molecule has 2 amide bonds. The first-order valence-corrected chi connectivity index (χ1v) is 6.76. The van der Waals surface area contributed by atoms with Gasteiger partial charge in [-0.25, -0.2) is 9.59 Å². The number of hydrogen-bond acceptors (Lipinski definition) is 3. The van der Waals surface area contributed by atoms with E-state index < -0.39 is 17.5 Å². The van der Waals surface area contributed by atoms with Gasteiger partial charge in [-0.1, -0.05) is 25.4 Å². The molecule has 100 valence electrons. The molecule has 0 saturated carbocycles. The molecule has 7 heteroatoms. The van der Waals surface area contributed by atoms with Crippen LogP contribution in [0.1, 0.15) is 26.7 Å². The minimum atomic E-state index is -1.23. The summed E-state index contributed by atoms with van der Waals surface area (Å²) in [5.41, 5.74) is -0.682. The molecular weight excluding hydrogens is 276 g/mol. The van der Waals surface area contributed by atoms with Crippen molar-refractivity contribution < 1.29 is 14.7 Å². The number of nitrogens with one attached hydrogen (secondary N) is 2. The minimum absolute atomic E-state index is 0.316. The standard InChI is InChI=1S/C11H15ClN2O3S/c1-3-11(4-2,9(15)16)14-10(17)13-7-5-8(12)18-6-7/h5-6H,3-4H2,1-2H3,(H,15,16)(H2,13,14,17). The van der Waals surface area contributed by atoms with Crippen molar-refractivity contribution in [1.82, 2.24) is 5.32 Å². The smallest absolute Gasteiger partial charge is 0.329 e. The van der Waals surface area contributed by atoms with E-state index in [2.05, 4.69) is 10.6 Å². The number of halogens is 1. The third-order valence-electron chi connectivity index (χ3n) is 2.79. The summed E-state index contributed by atoms with van der Waals surface area (Å²) in [6, 6.07) is 1.06. The van der Waals surface area contributed by atoms with Gasteiger partial charge in [-0.3, -0.25) is 0 Å². The van der Waals surface area contributed by atoms with Gasteiger partial charge in [-0.2, -0.15) is 0 Å². The maximum absolute atomic E-state index is 11.7. The summed E-state index contributed by atoms with van der Waals surface area (Å²) in [7, 11) is 0. The SMILES string of the molecule is CCC(CC)(NC(=O)Nc1csc(Cl)c1)C(=O)O. The summed E-state index contributed by atoms with van der Waals surface area (Å²) in [6.07, 6.45) is 0.632. The van der Waals surface area contributed by atoms with Crippen LogP contribution in [0.5, 0.6) is 0 Å². The summed E-state index contributed by atoms with van der Waals surface area (Å²) >= 11 is 7.02. The number of hydrogen-bond donors (Lipinski definition) is 3. The average molecular weight is 291 g/mol. The van der Waals surface area contributed by atoms with Crippen molar-refractivity contribution in [3.05, 3.63) is 15.8 Å². The van der Waals surface area contributed by atoms with Crippen LogP contribution in [0.15, 0.2) is 11.4 Å². The Hall–Kier alpha value is -1.27. The highest BCUT2D eigenvalue weighted by Crippen LogP contribution is 2.24. The van der Waals surface area contributed by atoms with Crippen molar-refractivity contribution in [2.75, 3.05) is 5.32 Å². The van der Waals surface area contributed by atoms with E-state index in [1.807, 2.05) is 0 Å². The second-order valence-corrected chi connectivity index (χ2v) is 5.36. The third-order valence-corrected chi connectivity index (χ3v) is 3.89. The van der Waals surface area contributed by atoms with Gasteiger partial charge in [0.1, 0.15) is 5.54 Å². The lowest BCUT2D eigenvalue weighted by Crippen LogP contribution is -2.54. The molecule has 0 radical (unpaired) electrons. The fourth-order valence-electron chi connectivity index (χ4n) is 1.54. The van der Waals surface area contributed by atoms with Gasteiger partial charge in [0, 0.05) is 5.38 Å². The monoisotopic (exact) mass is 290 g/mol. The predicted molar refractivity (Wildman–Crippen MR) is 72.4 cm³/mol. The summed E-state index contributed by atoms with van der Waals surface area (Å²) in [5, 5.41) is 15.9. The maximum atomic E-state index is 11.7. The van der Waals surface area contributed by atoms with Gasteiger partial charge in [0.15, 0.2) is 0 Å². The molecule has 0 aromatic carbocycles. The molecule has 0 atom stereocenters. The van der Waals surface area contributed by atoms with E-state index in [1.54, 1.807) is 25.3 Å². The molecule has 18 heavy (non-hydrogen) atoms. The number of carbonyl (C=O) groups is 2. The van der Waals surface area contributed by atoms with Crippen LogP contribution in [-0.2, 0) is 4.79 Å². The van der Waals surface area contributed by atoms with Crippen LogP contribution < -0.4 is 10.6 Å². The van der Waals surface area contributed by atoms with Gasteiger partial charge >= 0.3 is 12.0 Å². The number of urea groups is 1. The molecule has 1 rings (SSSR count). The van der Waals surface area contributed by atoms with Gasteiger partial charge in [0.2, 0.25) is 0 Å². The highest BCUT2D eigenvalue weighted by Gasteiger charge is 2.36. The molecule has 3 N–H and O–H groups in total. The number of rotatable bonds is 5. The lowest BCUT2D eigenvalue weighted by Gasteiger charge is -2.27. The van der Waals surface area contributed by atoms with Crippen molar-refractivity contribution in [2.24, 2.45) is 0 Å². The molecule has 0 aliphatic heterocycles. The van der Waals surface area contributed by atoms with E-state index in [1.165, 1.54) is 11.3 Å². The number of aliphatic carboxylic acids is 1. The highest BCUT2D eigenvalue weighted by molar-refractivity contribution is 7.14. The fraction of sp³-hybridized carbons (Fsp3) is 0.455. The van der Waals surface area contributed by atoms with Gasteiger partial charge in [0.25, 0.3) is 0 Å². The van der Waals surface area contributed by atoms with Crippen molar-refractivity contribution in [3.63, 3.8) is 0 Å².